The van der Waals surface area contributed by atoms with Crippen molar-refractivity contribution in [2.24, 2.45) is 0 Å². The number of rotatable bonds is 3. The molecular weight excluding hydrogens is 148 g/mol. The standard InChI is InChI=1S/C4H7ClO2S/c1-4(5)3-8(6)7-2/h1,3H2,2H3. The Balaban J connectivity index is 3.40. The van der Waals surface area contributed by atoms with Gasteiger partial charge in [-0.1, -0.05) is 18.2 Å². The van der Waals surface area contributed by atoms with E-state index < -0.39 is 11.1 Å². The predicted molar refractivity (Wildman–Crippen MR) is 35.0 cm³/mol. The Bertz CT molecular complexity index is 113. The molecule has 0 aromatic heterocycles. The lowest BCUT2D eigenvalue weighted by molar-refractivity contribution is 0.447. The molecule has 2 nitrogen and oxygen atoms in total. The van der Waals surface area contributed by atoms with E-state index in [-0.39, 0.29) is 5.75 Å². The van der Waals surface area contributed by atoms with E-state index >= 15 is 0 Å². The lowest BCUT2D eigenvalue weighted by Crippen LogP contribution is -1.97. The van der Waals surface area contributed by atoms with Crippen molar-refractivity contribution in [1.29, 1.82) is 0 Å². The van der Waals surface area contributed by atoms with Crippen molar-refractivity contribution in [2.75, 3.05) is 12.9 Å². The molecule has 0 amide bonds. The summed E-state index contributed by atoms with van der Waals surface area (Å²) in [5.41, 5.74) is 0. The summed E-state index contributed by atoms with van der Waals surface area (Å²) in [5, 5.41) is 0.352. The molecule has 0 aliphatic rings. The maximum absolute atomic E-state index is 10.4. The summed E-state index contributed by atoms with van der Waals surface area (Å²) in [6, 6.07) is 0. The van der Waals surface area contributed by atoms with Crippen LogP contribution in [-0.4, -0.2) is 17.1 Å². The minimum absolute atomic E-state index is 0.206. The largest absolute Gasteiger partial charge is 0.294 e. The fourth-order valence-corrected chi connectivity index (χ4v) is 0.828. The average molecular weight is 155 g/mol. The second kappa shape index (κ2) is 4.06. The molecule has 0 saturated heterocycles. The van der Waals surface area contributed by atoms with E-state index in [4.69, 9.17) is 11.6 Å². The van der Waals surface area contributed by atoms with Gasteiger partial charge in [0.05, 0.1) is 12.9 Å². The van der Waals surface area contributed by atoms with Gasteiger partial charge in [0.15, 0.2) is 11.1 Å². The molecule has 1 atom stereocenters. The second-order valence-electron chi connectivity index (χ2n) is 1.13. The SMILES string of the molecule is C=C(Cl)CS(=O)OC. The molecule has 0 radical (unpaired) electrons. The molecule has 0 aromatic rings. The van der Waals surface area contributed by atoms with Crippen LogP contribution in [0.3, 0.4) is 0 Å². The average Bonchev–Trinajstić information content (AvgIpc) is 1.65. The third-order valence-electron chi connectivity index (χ3n) is 0.460. The predicted octanol–water partition coefficient (Wildman–Crippen LogP) is 1.05. The molecule has 0 aromatic carbocycles. The second-order valence-corrected chi connectivity index (χ2v) is 2.90. The highest BCUT2D eigenvalue weighted by molar-refractivity contribution is 7.80. The van der Waals surface area contributed by atoms with E-state index in [2.05, 4.69) is 10.8 Å². The first kappa shape index (κ1) is 8.14. The maximum atomic E-state index is 10.4. The zero-order valence-corrected chi connectivity index (χ0v) is 6.09. The number of hydrogen-bond acceptors (Lipinski definition) is 2. The molecule has 0 aliphatic heterocycles. The van der Waals surface area contributed by atoms with Crippen LogP contribution in [0.4, 0.5) is 0 Å². The van der Waals surface area contributed by atoms with Crippen LogP contribution in [0.15, 0.2) is 11.6 Å². The van der Waals surface area contributed by atoms with Crippen LogP contribution in [0.1, 0.15) is 0 Å². The van der Waals surface area contributed by atoms with Gasteiger partial charge < -0.3 is 0 Å². The third kappa shape index (κ3) is 4.30. The van der Waals surface area contributed by atoms with Crippen LogP contribution in [0.25, 0.3) is 0 Å². The van der Waals surface area contributed by atoms with Gasteiger partial charge in [-0.25, -0.2) is 4.21 Å². The van der Waals surface area contributed by atoms with E-state index in [9.17, 15) is 4.21 Å². The van der Waals surface area contributed by atoms with Gasteiger partial charge in [0.25, 0.3) is 0 Å². The van der Waals surface area contributed by atoms with Crippen molar-refractivity contribution in [3.05, 3.63) is 11.6 Å². The van der Waals surface area contributed by atoms with Crippen LogP contribution in [0.2, 0.25) is 0 Å². The lowest BCUT2D eigenvalue weighted by Gasteiger charge is -1.92. The first-order valence-corrected chi connectivity index (χ1v) is 3.55. The first-order valence-electron chi connectivity index (χ1n) is 1.93. The third-order valence-corrected chi connectivity index (χ3v) is 1.71. The van der Waals surface area contributed by atoms with Crippen LogP contribution >= 0.6 is 11.6 Å². The molecule has 1 unspecified atom stereocenters. The molecule has 0 rings (SSSR count). The van der Waals surface area contributed by atoms with Crippen LogP contribution < -0.4 is 0 Å². The molecule has 0 bridgehead atoms. The molecule has 0 aliphatic carbocycles. The van der Waals surface area contributed by atoms with Crippen molar-refractivity contribution in [2.45, 2.75) is 0 Å². The Morgan fingerprint density at radius 3 is 2.62 bits per heavy atom. The van der Waals surface area contributed by atoms with Crippen LogP contribution in [0.5, 0.6) is 0 Å². The Morgan fingerprint density at radius 2 is 2.50 bits per heavy atom. The summed E-state index contributed by atoms with van der Waals surface area (Å²) in [5.74, 6) is 0.206. The highest BCUT2D eigenvalue weighted by Crippen LogP contribution is 1.98. The van der Waals surface area contributed by atoms with Gasteiger partial charge >= 0.3 is 0 Å². The van der Waals surface area contributed by atoms with Gasteiger partial charge in [0.1, 0.15) is 0 Å². The maximum Gasteiger partial charge on any atom is 0.160 e. The first-order chi connectivity index (χ1) is 3.66. The molecule has 8 heavy (non-hydrogen) atoms. The Kier molecular flexibility index (Phi) is 4.13. The van der Waals surface area contributed by atoms with E-state index in [1.165, 1.54) is 7.11 Å². The summed E-state index contributed by atoms with van der Waals surface area (Å²) >= 11 is 4.00. The van der Waals surface area contributed by atoms with Crippen molar-refractivity contribution in [3.8, 4) is 0 Å². The summed E-state index contributed by atoms with van der Waals surface area (Å²) in [6.45, 7) is 3.34. The monoisotopic (exact) mass is 154 g/mol. The molecule has 0 spiro atoms. The Hall–Kier alpha value is 0.140. The van der Waals surface area contributed by atoms with Gasteiger partial charge in [0, 0.05) is 5.03 Å². The van der Waals surface area contributed by atoms with E-state index in [1.807, 2.05) is 0 Å². The van der Waals surface area contributed by atoms with E-state index in [0.29, 0.717) is 5.03 Å². The number of halogens is 1. The zero-order chi connectivity index (χ0) is 6.57. The topological polar surface area (TPSA) is 26.3 Å². The smallest absolute Gasteiger partial charge is 0.160 e. The van der Waals surface area contributed by atoms with Gasteiger partial charge in [-0.3, -0.25) is 4.18 Å². The molecule has 0 saturated carbocycles. The minimum Gasteiger partial charge on any atom is -0.294 e. The van der Waals surface area contributed by atoms with Crippen LogP contribution in [-0.2, 0) is 15.3 Å². The summed E-state index contributed by atoms with van der Waals surface area (Å²) in [4.78, 5) is 0. The molecular formula is C4H7ClO2S. The quantitative estimate of drug-likeness (QED) is 0.608. The highest BCUT2D eigenvalue weighted by Gasteiger charge is 1.95. The molecule has 4 heteroatoms. The van der Waals surface area contributed by atoms with Gasteiger partial charge in [-0.2, -0.15) is 0 Å². The summed E-state index contributed by atoms with van der Waals surface area (Å²) in [6.07, 6.45) is 0. The van der Waals surface area contributed by atoms with E-state index in [1.54, 1.807) is 0 Å². The normalized spacial score (nSPS) is 13.2. The zero-order valence-electron chi connectivity index (χ0n) is 4.52. The van der Waals surface area contributed by atoms with Crippen LogP contribution in [0, 0.1) is 0 Å². The van der Waals surface area contributed by atoms with Crippen molar-refractivity contribution in [3.63, 3.8) is 0 Å². The molecule has 0 heterocycles. The summed E-state index contributed by atoms with van der Waals surface area (Å²) in [7, 11) is 1.36. The fourth-order valence-electron chi connectivity index (χ4n) is 0.187. The molecule has 48 valence electrons. The Labute approximate surface area is 56.1 Å². The molecule has 0 fully saturated rings. The van der Waals surface area contributed by atoms with Gasteiger partial charge in [-0.15, -0.1) is 0 Å². The van der Waals surface area contributed by atoms with Crippen molar-refractivity contribution >= 4 is 22.7 Å². The lowest BCUT2D eigenvalue weighted by atomic mass is 10.8. The van der Waals surface area contributed by atoms with E-state index in [0.717, 1.165) is 0 Å². The van der Waals surface area contributed by atoms with Crippen molar-refractivity contribution in [1.82, 2.24) is 0 Å². The fraction of sp³-hybridized carbons (Fsp3) is 0.500. The minimum atomic E-state index is -1.29. The highest BCUT2D eigenvalue weighted by atomic mass is 35.5. The van der Waals surface area contributed by atoms with Crippen molar-refractivity contribution < 1.29 is 8.39 Å². The van der Waals surface area contributed by atoms with Gasteiger partial charge in [-0.05, 0) is 0 Å². The van der Waals surface area contributed by atoms with Gasteiger partial charge in [0.2, 0.25) is 0 Å². The molecule has 0 N–H and O–H groups in total. The Morgan fingerprint density at radius 1 is 2.00 bits per heavy atom. The number of hydrogen-bond donors (Lipinski definition) is 0. The summed E-state index contributed by atoms with van der Waals surface area (Å²) < 4.78 is 14.8.